The van der Waals surface area contributed by atoms with Crippen LogP contribution in [0.3, 0.4) is 0 Å². The van der Waals surface area contributed by atoms with Gasteiger partial charge in [0.2, 0.25) is 0 Å². The summed E-state index contributed by atoms with van der Waals surface area (Å²) >= 11 is 0. The molecule has 1 aromatic heterocycles. The number of carbonyl (C=O) groups excluding carboxylic acids is 1. The predicted molar refractivity (Wildman–Crippen MR) is 96.1 cm³/mol. The Labute approximate surface area is 151 Å². The number of carbonyl (C=O) groups is 1. The highest BCUT2D eigenvalue weighted by Crippen LogP contribution is 2.39. The highest BCUT2D eigenvalue weighted by atomic mass is 32.2. The van der Waals surface area contributed by atoms with Crippen LogP contribution in [-0.2, 0) is 17.3 Å². The number of nitrogens with one attached hydrogen (secondary N) is 1. The molecule has 26 heavy (non-hydrogen) atoms. The van der Waals surface area contributed by atoms with E-state index >= 15 is 0 Å². The van der Waals surface area contributed by atoms with Crippen molar-refractivity contribution < 1.29 is 17.6 Å². The summed E-state index contributed by atoms with van der Waals surface area (Å²) in [5, 5.41) is 6.90. The summed E-state index contributed by atoms with van der Waals surface area (Å²) < 4.78 is 42.4. The Morgan fingerprint density at radius 3 is 2.54 bits per heavy atom. The first-order valence-corrected chi connectivity index (χ1v) is 9.39. The van der Waals surface area contributed by atoms with E-state index in [-0.39, 0.29) is 24.7 Å². The lowest BCUT2D eigenvalue weighted by Gasteiger charge is -2.19. The number of amides is 1. The van der Waals surface area contributed by atoms with Crippen molar-refractivity contribution in [3.05, 3.63) is 41.0 Å². The molecule has 3 rings (SSSR count). The molecule has 1 aliphatic heterocycles. The highest BCUT2D eigenvalue weighted by molar-refractivity contribution is 7.94. The summed E-state index contributed by atoms with van der Waals surface area (Å²) in [4.78, 5) is 12.4. The average molecular weight is 381 g/mol. The van der Waals surface area contributed by atoms with Crippen LogP contribution < -0.4 is 13.9 Å². The molecule has 0 bridgehead atoms. The molecular formula is C16H20FN5O3S. The van der Waals surface area contributed by atoms with Crippen LogP contribution in [0.25, 0.3) is 0 Å². The molecule has 140 valence electrons. The summed E-state index contributed by atoms with van der Waals surface area (Å²) in [7, 11) is -0.627. The second kappa shape index (κ2) is 6.27. The summed E-state index contributed by atoms with van der Waals surface area (Å²) in [6.45, 7) is 3.59. The fraction of sp³-hybridized carbons (Fsp3) is 0.375. The molecule has 0 spiro atoms. The Morgan fingerprint density at radius 1 is 1.23 bits per heavy atom. The quantitative estimate of drug-likeness (QED) is 0.859. The molecule has 8 nitrogen and oxygen atoms in total. The lowest BCUT2D eigenvalue weighted by molar-refractivity contribution is 0.0953. The molecular weight excluding hydrogens is 361 g/mol. The first kappa shape index (κ1) is 18.2. The number of aromatic nitrogens is 2. The van der Waals surface area contributed by atoms with Gasteiger partial charge in [0.15, 0.2) is 0 Å². The summed E-state index contributed by atoms with van der Waals surface area (Å²) in [5.41, 5.74) is 2.46. The van der Waals surface area contributed by atoms with Gasteiger partial charge in [-0.15, -0.1) is 0 Å². The lowest BCUT2D eigenvalue weighted by atomic mass is 10.2. The van der Waals surface area contributed by atoms with Crippen LogP contribution in [0.5, 0.6) is 0 Å². The minimum Gasteiger partial charge on any atom is -0.350 e. The van der Waals surface area contributed by atoms with E-state index in [4.69, 9.17) is 0 Å². The van der Waals surface area contributed by atoms with Gasteiger partial charge in [-0.3, -0.25) is 13.8 Å². The number of hydrogen-bond acceptors (Lipinski definition) is 4. The normalized spacial score (nSPS) is 15.3. The van der Waals surface area contributed by atoms with Gasteiger partial charge in [-0.2, -0.15) is 13.5 Å². The zero-order chi connectivity index (χ0) is 19.2. The third-order valence-electron chi connectivity index (χ3n) is 4.51. The van der Waals surface area contributed by atoms with Gasteiger partial charge in [0.25, 0.3) is 5.91 Å². The standard InChI is InChI=1S/C16H20FN5O3S/c1-10-15(11(2)20(3)19-10)16(23)18-7-8-22-14-9-12(17)5-6-13(14)21(4)26(22,24)25/h5-6,9H,7-8H2,1-4H3,(H,18,23). The van der Waals surface area contributed by atoms with Crippen molar-refractivity contribution in [1.82, 2.24) is 15.1 Å². The molecule has 0 fully saturated rings. The van der Waals surface area contributed by atoms with Crippen LogP contribution in [-0.4, -0.2) is 44.2 Å². The molecule has 0 atom stereocenters. The summed E-state index contributed by atoms with van der Waals surface area (Å²) in [5.74, 6) is -0.845. The smallest absolute Gasteiger partial charge is 0.326 e. The second-order valence-corrected chi connectivity index (χ2v) is 7.99. The van der Waals surface area contributed by atoms with E-state index in [0.717, 1.165) is 14.3 Å². The van der Waals surface area contributed by atoms with Gasteiger partial charge in [0.05, 0.1) is 29.2 Å². The monoisotopic (exact) mass is 381 g/mol. The number of nitrogens with zero attached hydrogens (tertiary/aromatic N) is 4. The van der Waals surface area contributed by atoms with Crippen molar-refractivity contribution in [2.75, 3.05) is 28.7 Å². The molecule has 0 radical (unpaired) electrons. The second-order valence-electron chi connectivity index (χ2n) is 6.11. The maximum atomic E-state index is 13.6. The third kappa shape index (κ3) is 2.79. The Bertz CT molecular complexity index is 986. The first-order chi connectivity index (χ1) is 12.1. The Kier molecular flexibility index (Phi) is 4.39. The number of rotatable bonds is 4. The van der Waals surface area contributed by atoms with Gasteiger partial charge < -0.3 is 5.32 Å². The fourth-order valence-electron chi connectivity index (χ4n) is 3.06. The van der Waals surface area contributed by atoms with Crippen molar-refractivity contribution in [1.29, 1.82) is 0 Å². The van der Waals surface area contributed by atoms with Crippen LogP contribution in [0.15, 0.2) is 18.2 Å². The van der Waals surface area contributed by atoms with Crippen molar-refractivity contribution >= 4 is 27.5 Å². The number of fused-ring (bicyclic) bond motifs is 1. The average Bonchev–Trinajstić information content (AvgIpc) is 2.92. The molecule has 0 saturated carbocycles. The largest absolute Gasteiger partial charge is 0.350 e. The SMILES string of the molecule is Cc1nn(C)c(C)c1C(=O)NCCN1c2cc(F)ccc2N(C)S1(=O)=O. The van der Waals surface area contributed by atoms with E-state index in [2.05, 4.69) is 10.4 Å². The van der Waals surface area contributed by atoms with Gasteiger partial charge in [-0.25, -0.2) is 8.70 Å². The van der Waals surface area contributed by atoms with Crippen LogP contribution in [0, 0.1) is 19.7 Å². The number of hydrogen-bond donors (Lipinski definition) is 1. The first-order valence-electron chi connectivity index (χ1n) is 7.99. The van der Waals surface area contributed by atoms with Crippen molar-refractivity contribution in [3.8, 4) is 0 Å². The molecule has 1 N–H and O–H groups in total. The van der Waals surface area contributed by atoms with Gasteiger partial charge in [-0.1, -0.05) is 0 Å². The molecule has 2 aromatic rings. The lowest BCUT2D eigenvalue weighted by Crippen LogP contribution is -2.40. The molecule has 1 amide bonds. The predicted octanol–water partition coefficient (Wildman–Crippen LogP) is 1.11. The zero-order valence-corrected chi connectivity index (χ0v) is 15.8. The van der Waals surface area contributed by atoms with E-state index < -0.39 is 16.0 Å². The Balaban J connectivity index is 1.76. The number of aryl methyl sites for hydroxylation is 2. The summed E-state index contributed by atoms with van der Waals surface area (Å²) in [6, 6.07) is 3.81. The maximum Gasteiger partial charge on any atom is 0.326 e. The number of anilines is 2. The molecule has 1 aromatic carbocycles. The van der Waals surface area contributed by atoms with Crippen LogP contribution in [0.1, 0.15) is 21.7 Å². The fourth-order valence-corrected chi connectivity index (χ4v) is 4.47. The van der Waals surface area contributed by atoms with E-state index in [1.54, 1.807) is 25.6 Å². The Hall–Kier alpha value is -2.62. The van der Waals surface area contributed by atoms with Gasteiger partial charge >= 0.3 is 10.2 Å². The summed E-state index contributed by atoms with van der Waals surface area (Å²) in [6.07, 6.45) is 0. The van der Waals surface area contributed by atoms with E-state index in [0.29, 0.717) is 16.9 Å². The van der Waals surface area contributed by atoms with Crippen molar-refractivity contribution in [2.45, 2.75) is 13.8 Å². The topological polar surface area (TPSA) is 87.5 Å². The maximum absolute atomic E-state index is 13.6. The molecule has 0 unspecified atom stereocenters. The van der Waals surface area contributed by atoms with Gasteiger partial charge in [0, 0.05) is 32.4 Å². The number of benzene rings is 1. The van der Waals surface area contributed by atoms with Crippen molar-refractivity contribution in [3.63, 3.8) is 0 Å². The molecule has 0 saturated heterocycles. The molecule has 2 heterocycles. The molecule has 10 heteroatoms. The van der Waals surface area contributed by atoms with Crippen molar-refractivity contribution in [2.24, 2.45) is 7.05 Å². The van der Waals surface area contributed by atoms with E-state index in [1.165, 1.54) is 25.2 Å². The van der Waals surface area contributed by atoms with E-state index in [9.17, 15) is 17.6 Å². The Morgan fingerprint density at radius 2 is 1.92 bits per heavy atom. The molecule has 1 aliphatic rings. The van der Waals surface area contributed by atoms with Gasteiger partial charge in [-0.05, 0) is 26.0 Å². The van der Waals surface area contributed by atoms with E-state index in [1.807, 2.05) is 0 Å². The van der Waals surface area contributed by atoms with Crippen LogP contribution in [0.2, 0.25) is 0 Å². The zero-order valence-electron chi connectivity index (χ0n) is 14.9. The third-order valence-corrected chi connectivity index (χ3v) is 6.33. The molecule has 0 aliphatic carbocycles. The number of halogens is 1. The van der Waals surface area contributed by atoms with Crippen LogP contribution in [0.4, 0.5) is 15.8 Å². The highest BCUT2D eigenvalue weighted by Gasteiger charge is 2.37. The van der Waals surface area contributed by atoms with Gasteiger partial charge in [0.1, 0.15) is 5.82 Å². The minimum atomic E-state index is -3.78. The van der Waals surface area contributed by atoms with Crippen LogP contribution >= 0.6 is 0 Å². The minimum absolute atomic E-state index is 0.00672.